The van der Waals surface area contributed by atoms with E-state index < -0.39 is 11.0 Å². The molecule has 0 aromatic heterocycles. The van der Waals surface area contributed by atoms with E-state index >= 15 is 0 Å². The number of amides is 1. The molecule has 1 aliphatic heterocycles. The van der Waals surface area contributed by atoms with Crippen LogP contribution < -0.4 is 0 Å². The van der Waals surface area contributed by atoms with Crippen LogP contribution in [0.1, 0.15) is 49.7 Å². The highest BCUT2D eigenvalue weighted by molar-refractivity contribution is 5.67. The van der Waals surface area contributed by atoms with Gasteiger partial charge in [0, 0.05) is 31.6 Å². The molecule has 2 saturated carbocycles. The number of benzene rings is 2. The molecule has 1 amide bonds. The number of nitrogens with zero attached hydrogens (tertiary/aromatic N) is 2. The summed E-state index contributed by atoms with van der Waals surface area (Å²) in [4.78, 5) is 17.1. The molecule has 2 aliphatic carbocycles. The molecular weight excluding hydrogens is 428 g/mol. The number of likely N-dealkylation sites (tertiary alicyclic amines) is 1. The summed E-state index contributed by atoms with van der Waals surface area (Å²) in [5, 5.41) is 22.4. The monoisotopic (exact) mass is 464 g/mol. The van der Waals surface area contributed by atoms with Gasteiger partial charge in [-0.1, -0.05) is 42.5 Å². The van der Waals surface area contributed by atoms with Gasteiger partial charge in [-0.05, 0) is 74.2 Å². The molecule has 1 heterocycles. The molecule has 0 spiro atoms. The second kappa shape index (κ2) is 9.23. The third-order valence-electron chi connectivity index (χ3n) is 8.36. The molecule has 182 valence electrons. The molecule has 2 aromatic carbocycles. The number of carbonyl (C=O) groups is 1. The van der Waals surface area contributed by atoms with E-state index in [1.807, 2.05) is 42.5 Å². The summed E-state index contributed by atoms with van der Waals surface area (Å²) in [6, 6.07) is 17.0. The summed E-state index contributed by atoms with van der Waals surface area (Å²) >= 11 is 0. The molecule has 2 aromatic rings. The highest BCUT2D eigenvalue weighted by Crippen LogP contribution is 2.53. The van der Waals surface area contributed by atoms with Crippen LogP contribution in [0, 0.1) is 5.92 Å². The van der Waals surface area contributed by atoms with Gasteiger partial charge in [-0.2, -0.15) is 0 Å². The number of piperidine rings is 1. The first-order chi connectivity index (χ1) is 16.4. The number of phenols is 1. The molecule has 3 unspecified atom stereocenters. The van der Waals surface area contributed by atoms with Gasteiger partial charge < -0.3 is 24.7 Å². The van der Waals surface area contributed by atoms with Crippen LogP contribution in [0.25, 0.3) is 0 Å². The number of phenolic OH excluding ortho intramolecular Hbond substituents is 1. The van der Waals surface area contributed by atoms with Gasteiger partial charge in [0.25, 0.3) is 0 Å². The first-order valence-electron chi connectivity index (χ1n) is 12.6. The number of aliphatic hydroxyl groups is 1. The molecule has 0 bridgehead atoms. The quantitative estimate of drug-likeness (QED) is 0.667. The Labute approximate surface area is 202 Å². The SMILES string of the molecule is CN(C(=O)OCc1ccccc1)C1CCC2(O)CN(CC3CC3)CCC2(c2cccc(O)c2)C1. The van der Waals surface area contributed by atoms with E-state index in [2.05, 4.69) is 4.90 Å². The number of hydrogen-bond donors (Lipinski definition) is 2. The first-order valence-corrected chi connectivity index (χ1v) is 12.6. The lowest BCUT2D eigenvalue weighted by atomic mass is 9.55. The van der Waals surface area contributed by atoms with Gasteiger partial charge in [0.05, 0.1) is 5.60 Å². The minimum atomic E-state index is -0.890. The van der Waals surface area contributed by atoms with Crippen molar-refractivity contribution in [1.82, 2.24) is 9.80 Å². The van der Waals surface area contributed by atoms with Crippen LogP contribution in [0.2, 0.25) is 0 Å². The van der Waals surface area contributed by atoms with Crippen LogP contribution in [0.3, 0.4) is 0 Å². The fraction of sp³-hybridized carbons (Fsp3) is 0.536. The van der Waals surface area contributed by atoms with Crippen LogP contribution in [-0.4, -0.2) is 64.4 Å². The highest BCUT2D eigenvalue weighted by atomic mass is 16.6. The summed E-state index contributed by atoms with van der Waals surface area (Å²) in [5.74, 6) is 0.992. The molecule has 0 radical (unpaired) electrons. The van der Waals surface area contributed by atoms with Gasteiger partial charge in [-0.25, -0.2) is 4.79 Å². The van der Waals surface area contributed by atoms with Crippen LogP contribution in [0.5, 0.6) is 5.75 Å². The van der Waals surface area contributed by atoms with Gasteiger partial charge in [0.2, 0.25) is 0 Å². The summed E-state index contributed by atoms with van der Waals surface area (Å²) < 4.78 is 5.61. The van der Waals surface area contributed by atoms with E-state index in [4.69, 9.17) is 4.74 Å². The maximum atomic E-state index is 12.9. The Hall–Kier alpha value is -2.57. The van der Waals surface area contributed by atoms with Crippen LogP contribution >= 0.6 is 0 Å². The number of fused-ring (bicyclic) bond motifs is 1. The topological polar surface area (TPSA) is 73.2 Å². The number of β-amino-alcohol motifs (C(OH)–C–C–N with tert-alkyl or cyclic N) is 1. The normalized spacial score (nSPS) is 29.3. The van der Waals surface area contributed by atoms with Crippen molar-refractivity contribution in [2.75, 3.05) is 26.7 Å². The summed E-state index contributed by atoms with van der Waals surface area (Å²) in [5.41, 5.74) is 0.528. The molecule has 6 heteroatoms. The van der Waals surface area contributed by atoms with E-state index in [9.17, 15) is 15.0 Å². The molecule has 3 fully saturated rings. The van der Waals surface area contributed by atoms with Gasteiger partial charge in [-0.15, -0.1) is 0 Å². The van der Waals surface area contributed by atoms with Crippen molar-refractivity contribution in [3.05, 3.63) is 65.7 Å². The molecule has 3 aliphatic rings. The molecule has 6 nitrogen and oxygen atoms in total. The zero-order valence-electron chi connectivity index (χ0n) is 20.0. The Morgan fingerprint density at radius 2 is 1.91 bits per heavy atom. The molecule has 2 N–H and O–H groups in total. The summed E-state index contributed by atoms with van der Waals surface area (Å²) in [6.45, 7) is 2.87. The molecule has 5 rings (SSSR count). The average molecular weight is 465 g/mol. The lowest BCUT2D eigenvalue weighted by Crippen LogP contribution is -2.67. The predicted octanol–water partition coefficient (Wildman–Crippen LogP) is 4.30. The number of rotatable bonds is 6. The van der Waals surface area contributed by atoms with Gasteiger partial charge >= 0.3 is 6.09 Å². The molecular formula is C28H36N2O4. The van der Waals surface area contributed by atoms with Gasteiger partial charge in [0.15, 0.2) is 0 Å². The molecule has 3 atom stereocenters. The first kappa shape index (κ1) is 23.2. The average Bonchev–Trinajstić information content (AvgIpc) is 3.66. The number of carbonyl (C=O) groups excluding carboxylic acids is 1. The summed E-state index contributed by atoms with van der Waals surface area (Å²) in [6.07, 6.45) is 5.06. The van der Waals surface area contributed by atoms with Crippen molar-refractivity contribution in [2.24, 2.45) is 5.92 Å². The fourth-order valence-corrected chi connectivity index (χ4v) is 6.16. The zero-order valence-corrected chi connectivity index (χ0v) is 20.0. The Morgan fingerprint density at radius 3 is 2.65 bits per heavy atom. The maximum Gasteiger partial charge on any atom is 0.410 e. The lowest BCUT2D eigenvalue weighted by molar-refractivity contribution is -0.133. The Balaban J connectivity index is 1.35. The zero-order chi connectivity index (χ0) is 23.8. The van der Waals surface area contributed by atoms with Crippen molar-refractivity contribution in [3.8, 4) is 5.75 Å². The van der Waals surface area contributed by atoms with E-state index in [1.165, 1.54) is 12.8 Å². The second-order valence-corrected chi connectivity index (χ2v) is 10.6. The number of hydrogen-bond acceptors (Lipinski definition) is 5. The largest absolute Gasteiger partial charge is 0.508 e. The van der Waals surface area contributed by atoms with Crippen molar-refractivity contribution >= 4 is 6.09 Å². The third-order valence-corrected chi connectivity index (χ3v) is 8.36. The Morgan fingerprint density at radius 1 is 1.12 bits per heavy atom. The minimum absolute atomic E-state index is 0.0409. The lowest BCUT2D eigenvalue weighted by Gasteiger charge is -2.59. The van der Waals surface area contributed by atoms with E-state index in [0.29, 0.717) is 19.4 Å². The van der Waals surface area contributed by atoms with Crippen molar-refractivity contribution in [2.45, 2.75) is 62.2 Å². The summed E-state index contributed by atoms with van der Waals surface area (Å²) in [7, 11) is 1.81. The van der Waals surface area contributed by atoms with Crippen molar-refractivity contribution in [1.29, 1.82) is 0 Å². The smallest absolute Gasteiger partial charge is 0.410 e. The minimum Gasteiger partial charge on any atom is -0.508 e. The van der Waals surface area contributed by atoms with Crippen molar-refractivity contribution in [3.63, 3.8) is 0 Å². The van der Waals surface area contributed by atoms with Crippen LogP contribution in [0.15, 0.2) is 54.6 Å². The van der Waals surface area contributed by atoms with E-state index in [-0.39, 0.29) is 24.5 Å². The van der Waals surface area contributed by atoms with Gasteiger partial charge in [0.1, 0.15) is 12.4 Å². The fourth-order valence-electron chi connectivity index (χ4n) is 6.16. The predicted molar refractivity (Wildman–Crippen MR) is 131 cm³/mol. The third kappa shape index (κ3) is 4.53. The number of aromatic hydroxyl groups is 1. The molecule has 34 heavy (non-hydrogen) atoms. The highest BCUT2D eigenvalue weighted by Gasteiger charge is 2.58. The Kier molecular flexibility index (Phi) is 6.30. The van der Waals surface area contributed by atoms with Crippen LogP contribution in [0.4, 0.5) is 4.79 Å². The standard InChI is InChI=1S/C28H36N2O4/c1-29(26(32)34-19-22-6-3-2-4-7-22)24-12-13-28(33)20-30(18-21-10-11-21)15-14-27(28,17-24)23-8-5-9-25(31)16-23/h2-9,16,21,24,31,33H,10-15,17-20H2,1H3. The van der Waals surface area contributed by atoms with Crippen LogP contribution in [-0.2, 0) is 16.8 Å². The van der Waals surface area contributed by atoms with Crippen molar-refractivity contribution < 1.29 is 19.7 Å². The Bertz CT molecular complexity index is 1010. The maximum absolute atomic E-state index is 12.9. The molecule has 1 saturated heterocycles. The van der Waals surface area contributed by atoms with E-state index in [1.54, 1.807) is 24.1 Å². The second-order valence-electron chi connectivity index (χ2n) is 10.6. The van der Waals surface area contributed by atoms with E-state index in [0.717, 1.165) is 43.0 Å². The number of ether oxygens (including phenoxy) is 1. The van der Waals surface area contributed by atoms with Gasteiger partial charge in [-0.3, -0.25) is 0 Å².